The number of imidazole rings is 1. The van der Waals surface area contributed by atoms with Crippen LogP contribution in [0.3, 0.4) is 0 Å². The zero-order chi connectivity index (χ0) is 18.8. The minimum Gasteiger partial charge on any atom is -0.331 e. The summed E-state index contributed by atoms with van der Waals surface area (Å²) in [7, 11) is 0. The van der Waals surface area contributed by atoms with Crippen molar-refractivity contribution in [3.63, 3.8) is 0 Å². The third-order valence-corrected chi connectivity index (χ3v) is 4.38. The zero-order valence-corrected chi connectivity index (χ0v) is 14.7. The number of aromatic nitrogens is 6. The highest BCUT2D eigenvalue weighted by Crippen LogP contribution is 2.26. The van der Waals surface area contributed by atoms with Gasteiger partial charge in [0.15, 0.2) is 0 Å². The molecule has 1 aromatic carbocycles. The van der Waals surface area contributed by atoms with Crippen LogP contribution in [0.2, 0.25) is 0 Å². The number of rotatable bonds is 5. The average molecular weight is 362 g/mol. The lowest BCUT2D eigenvalue weighted by Gasteiger charge is -2.13. The third kappa shape index (κ3) is 3.37. The van der Waals surface area contributed by atoms with Crippen molar-refractivity contribution in [2.75, 3.05) is 0 Å². The predicted octanol–water partition coefficient (Wildman–Crippen LogP) is 1.66. The van der Waals surface area contributed by atoms with Gasteiger partial charge in [0.05, 0.1) is 5.69 Å². The number of aryl methyl sites for hydroxylation is 3. The van der Waals surface area contributed by atoms with Gasteiger partial charge in [0.1, 0.15) is 5.82 Å². The first-order valence-electron chi connectivity index (χ1n) is 8.55. The van der Waals surface area contributed by atoms with Crippen LogP contribution in [-0.2, 0) is 13.0 Å². The molecule has 0 amide bonds. The molecule has 0 saturated carbocycles. The molecule has 8 nitrogen and oxygen atoms in total. The van der Waals surface area contributed by atoms with Crippen LogP contribution in [0.1, 0.15) is 11.1 Å². The molecular weight excluding hydrogens is 344 g/mol. The maximum absolute atomic E-state index is 11.9. The van der Waals surface area contributed by atoms with E-state index in [0.29, 0.717) is 18.5 Å². The third-order valence-electron chi connectivity index (χ3n) is 4.38. The standard InChI is InChI=1S/C19H18N6O2/c1-13-3-4-16(25-8-2-6-22-25)15(11-13)17-20-7-10-24(17)9-5-14-12-21-19(27)23-18(14)26/h2-4,6-8,10-12H,5,9H2,1H3,(H2,21,23,26,27). The molecule has 27 heavy (non-hydrogen) atoms. The van der Waals surface area contributed by atoms with Gasteiger partial charge in [-0.2, -0.15) is 5.10 Å². The van der Waals surface area contributed by atoms with E-state index in [2.05, 4.69) is 26.1 Å². The maximum atomic E-state index is 11.9. The van der Waals surface area contributed by atoms with E-state index >= 15 is 0 Å². The fraction of sp³-hybridized carbons (Fsp3) is 0.158. The first-order valence-corrected chi connectivity index (χ1v) is 8.55. The lowest BCUT2D eigenvalue weighted by Crippen LogP contribution is -2.25. The van der Waals surface area contributed by atoms with Crippen molar-refractivity contribution in [3.05, 3.63) is 87.2 Å². The summed E-state index contributed by atoms with van der Waals surface area (Å²) in [5.74, 6) is 0.796. The molecule has 0 atom stereocenters. The number of hydrogen-bond donors (Lipinski definition) is 2. The Morgan fingerprint density at radius 2 is 2.04 bits per heavy atom. The van der Waals surface area contributed by atoms with Gasteiger partial charge >= 0.3 is 5.69 Å². The highest BCUT2D eigenvalue weighted by molar-refractivity contribution is 5.68. The Hall–Kier alpha value is -3.68. The summed E-state index contributed by atoms with van der Waals surface area (Å²) in [4.78, 5) is 32.3. The molecule has 4 rings (SSSR count). The molecule has 0 aliphatic heterocycles. The van der Waals surface area contributed by atoms with Crippen LogP contribution in [0.25, 0.3) is 17.1 Å². The van der Waals surface area contributed by atoms with Crippen molar-refractivity contribution in [1.29, 1.82) is 0 Å². The van der Waals surface area contributed by atoms with E-state index in [1.807, 2.05) is 42.1 Å². The summed E-state index contributed by atoms with van der Waals surface area (Å²) in [6.45, 7) is 2.58. The Balaban J connectivity index is 1.69. The summed E-state index contributed by atoms with van der Waals surface area (Å²) in [6.07, 6.45) is 9.17. The largest absolute Gasteiger partial charge is 0.331 e. The molecule has 0 saturated heterocycles. The highest BCUT2D eigenvalue weighted by atomic mass is 16.2. The molecular formula is C19H18N6O2. The van der Waals surface area contributed by atoms with Crippen molar-refractivity contribution in [1.82, 2.24) is 29.3 Å². The van der Waals surface area contributed by atoms with Crippen LogP contribution >= 0.6 is 0 Å². The van der Waals surface area contributed by atoms with E-state index < -0.39 is 5.69 Å². The van der Waals surface area contributed by atoms with Crippen LogP contribution in [-0.4, -0.2) is 29.3 Å². The number of benzene rings is 1. The average Bonchev–Trinajstić information content (AvgIpc) is 3.33. The van der Waals surface area contributed by atoms with Crippen LogP contribution in [0.4, 0.5) is 0 Å². The second-order valence-electron chi connectivity index (χ2n) is 6.26. The van der Waals surface area contributed by atoms with Crippen LogP contribution < -0.4 is 11.2 Å². The molecule has 0 spiro atoms. The normalized spacial score (nSPS) is 11.0. The topological polar surface area (TPSA) is 101 Å². The molecule has 8 heteroatoms. The number of nitrogens with zero attached hydrogens (tertiary/aromatic N) is 4. The minimum absolute atomic E-state index is 0.367. The summed E-state index contributed by atoms with van der Waals surface area (Å²) < 4.78 is 3.80. The molecule has 3 heterocycles. The van der Waals surface area contributed by atoms with E-state index in [-0.39, 0.29) is 5.56 Å². The van der Waals surface area contributed by atoms with Crippen LogP contribution in [0.15, 0.2) is 64.8 Å². The Morgan fingerprint density at radius 3 is 2.81 bits per heavy atom. The summed E-state index contributed by atoms with van der Waals surface area (Å²) in [6, 6.07) is 8.00. The van der Waals surface area contributed by atoms with Crippen molar-refractivity contribution < 1.29 is 0 Å². The molecule has 0 fully saturated rings. The lowest BCUT2D eigenvalue weighted by molar-refractivity contribution is 0.693. The smallest absolute Gasteiger partial charge is 0.325 e. The van der Waals surface area contributed by atoms with Gasteiger partial charge in [0, 0.05) is 48.7 Å². The van der Waals surface area contributed by atoms with E-state index in [4.69, 9.17) is 0 Å². The van der Waals surface area contributed by atoms with Gasteiger partial charge in [-0.3, -0.25) is 9.78 Å². The number of H-pyrrole nitrogens is 2. The van der Waals surface area contributed by atoms with E-state index in [0.717, 1.165) is 22.6 Å². The fourth-order valence-corrected chi connectivity index (χ4v) is 3.04. The Labute approximate surface area is 154 Å². The van der Waals surface area contributed by atoms with Gasteiger partial charge in [0.25, 0.3) is 5.56 Å². The van der Waals surface area contributed by atoms with Crippen LogP contribution in [0, 0.1) is 6.92 Å². The molecule has 0 aliphatic rings. The van der Waals surface area contributed by atoms with Gasteiger partial charge in [0.2, 0.25) is 0 Å². The molecule has 0 bridgehead atoms. The number of nitrogens with one attached hydrogen (secondary N) is 2. The van der Waals surface area contributed by atoms with Crippen molar-refractivity contribution in [3.8, 4) is 17.1 Å². The molecule has 0 unspecified atom stereocenters. The van der Waals surface area contributed by atoms with Crippen molar-refractivity contribution >= 4 is 0 Å². The number of aromatic amines is 2. The van der Waals surface area contributed by atoms with Gasteiger partial charge in [-0.05, 0) is 31.5 Å². The second kappa shape index (κ2) is 6.91. The molecule has 0 aliphatic carbocycles. The second-order valence-corrected chi connectivity index (χ2v) is 6.26. The van der Waals surface area contributed by atoms with E-state index in [1.165, 1.54) is 6.20 Å². The highest BCUT2D eigenvalue weighted by Gasteiger charge is 2.13. The molecule has 136 valence electrons. The van der Waals surface area contributed by atoms with Gasteiger partial charge in [-0.1, -0.05) is 11.6 Å². The summed E-state index contributed by atoms with van der Waals surface area (Å²) in [5.41, 5.74) is 2.65. The zero-order valence-electron chi connectivity index (χ0n) is 14.7. The maximum Gasteiger partial charge on any atom is 0.325 e. The monoisotopic (exact) mass is 362 g/mol. The SMILES string of the molecule is Cc1ccc(-n2cccn2)c(-c2nccn2CCc2c[nH]c(=O)[nH]c2=O)c1. The van der Waals surface area contributed by atoms with Gasteiger partial charge < -0.3 is 9.55 Å². The fourth-order valence-electron chi connectivity index (χ4n) is 3.04. The van der Waals surface area contributed by atoms with Crippen molar-refractivity contribution in [2.24, 2.45) is 0 Å². The van der Waals surface area contributed by atoms with E-state index in [1.54, 1.807) is 17.1 Å². The Morgan fingerprint density at radius 1 is 1.15 bits per heavy atom. The molecule has 2 N–H and O–H groups in total. The van der Waals surface area contributed by atoms with Crippen molar-refractivity contribution in [2.45, 2.75) is 19.9 Å². The first kappa shape index (κ1) is 16.8. The number of hydrogen-bond acceptors (Lipinski definition) is 4. The van der Waals surface area contributed by atoms with Crippen LogP contribution in [0.5, 0.6) is 0 Å². The first-order chi connectivity index (χ1) is 13.1. The van der Waals surface area contributed by atoms with Gasteiger partial charge in [-0.15, -0.1) is 0 Å². The quantitative estimate of drug-likeness (QED) is 0.564. The summed E-state index contributed by atoms with van der Waals surface area (Å²) >= 11 is 0. The Bertz CT molecular complexity index is 1180. The summed E-state index contributed by atoms with van der Waals surface area (Å²) in [5, 5.41) is 4.33. The Kier molecular flexibility index (Phi) is 4.29. The predicted molar refractivity (Wildman–Crippen MR) is 101 cm³/mol. The molecule has 0 radical (unpaired) electrons. The molecule has 3 aromatic heterocycles. The van der Waals surface area contributed by atoms with Gasteiger partial charge in [-0.25, -0.2) is 14.5 Å². The molecule has 4 aromatic rings. The lowest BCUT2D eigenvalue weighted by atomic mass is 10.1. The van der Waals surface area contributed by atoms with E-state index in [9.17, 15) is 9.59 Å². The minimum atomic E-state index is -0.504.